The topological polar surface area (TPSA) is 95.8 Å². The SMILES string of the molecule is CC/C(=N\NC(=O)[C@@H]1CCS(=O)(=O)C1)c1cc(C)ccc1O. The molecule has 120 valence electrons. The summed E-state index contributed by atoms with van der Waals surface area (Å²) in [5, 5.41) is 14.0. The Bertz CT molecular complexity index is 710. The van der Waals surface area contributed by atoms with E-state index in [9.17, 15) is 18.3 Å². The van der Waals surface area contributed by atoms with E-state index in [1.807, 2.05) is 13.8 Å². The van der Waals surface area contributed by atoms with Gasteiger partial charge in [-0.1, -0.05) is 18.6 Å². The number of rotatable bonds is 4. The number of amides is 1. The van der Waals surface area contributed by atoms with Gasteiger partial charge in [0.1, 0.15) is 5.75 Å². The lowest BCUT2D eigenvalue weighted by molar-refractivity contribution is -0.124. The summed E-state index contributed by atoms with van der Waals surface area (Å²) < 4.78 is 22.8. The molecule has 0 unspecified atom stereocenters. The van der Waals surface area contributed by atoms with Crippen molar-refractivity contribution in [1.82, 2.24) is 5.43 Å². The molecule has 0 radical (unpaired) electrons. The van der Waals surface area contributed by atoms with Crippen LogP contribution in [0.1, 0.15) is 30.9 Å². The number of phenols is 1. The van der Waals surface area contributed by atoms with Gasteiger partial charge in [0.05, 0.1) is 23.1 Å². The number of aryl methyl sites for hydroxylation is 1. The largest absolute Gasteiger partial charge is 0.507 e. The number of hydrogen-bond acceptors (Lipinski definition) is 5. The number of phenolic OH excluding ortho intramolecular Hbond substituents is 1. The van der Waals surface area contributed by atoms with Crippen LogP contribution in [0, 0.1) is 12.8 Å². The van der Waals surface area contributed by atoms with Crippen LogP contribution in [0.2, 0.25) is 0 Å². The summed E-state index contributed by atoms with van der Waals surface area (Å²) in [5.41, 5.74) is 4.53. The van der Waals surface area contributed by atoms with Crippen LogP contribution in [0.3, 0.4) is 0 Å². The fraction of sp³-hybridized carbons (Fsp3) is 0.467. The summed E-state index contributed by atoms with van der Waals surface area (Å²) in [6.45, 7) is 3.77. The van der Waals surface area contributed by atoms with Gasteiger partial charge in [-0.2, -0.15) is 5.10 Å². The molecule has 7 heteroatoms. The summed E-state index contributed by atoms with van der Waals surface area (Å²) in [7, 11) is -3.10. The number of carbonyl (C=O) groups is 1. The summed E-state index contributed by atoms with van der Waals surface area (Å²) in [4.78, 5) is 12.0. The number of hydrogen-bond donors (Lipinski definition) is 2. The third kappa shape index (κ3) is 3.85. The molecule has 0 bridgehead atoms. The average Bonchev–Trinajstić information content (AvgIpc) is 2.83. The molecule has 1 amide bonds. The van der Waals surface area contributed by atoms with E-state index in [0.29, 0.717) is 24.1 Å². The van der Waals surface area contributed by atoms with Crippen LogP contribution in [0.5, 0.6) is 5.75 Å². The second kappa shape index (κ2) is 6.48. The molecule has 0 saturated carbocycles. The van der Waals surface area contributed by atoms with Crippen LogP contribution in [0.15, 0.2) is 23.3 Å². The van der Waals surface area contributed by atoms with Gasteiger partial charge >= 0.3 is 0 Å². The molecular weight excluding hydrogens is 304 g/mol. The lowest BCUT2D eigenvalue weighted by Crippen LogP contribution is -2.28. The van der Waals surface area contributed by atoms with E-state index in [2.05, 4.69) is 10.5 Å². The Labute approximate surface area is 130 Å². The van der Waals surface area contributed by atoms with Gasteiger partial charge in [-0.05, 0) is 31.9 Å². The molecule has 0 aromatic heterocycles. The van der Waals surface area contributed by atoms with Gasteiger partial charge in [0.25, 0.3) is 0 Å². The lowest BCUT2D eigenvalue weighted by atomic mass is 10.0. The van der Waals surface area contributed by atoms with Gasteiger partial charge in [0, 0.05) is 5.56 Å². The summed E-state index contributed by atoms with van der Waals surface area (Å²) in [6.07, 6.45) is 0.862. The van der Waals surface area contributed by atoms with Crippen LogP contribution in [0.4, 0.5) is 0 Å². The standard InChI is InChI=1S/C15H20N2O4S/c1-3-13(12-8-10(2)4-5-14(12)18)16-17-15(19)11-6-7-22(20,21)9-11/h4-5,8,11,18H,3,6-7,9H2,1-2H3,(H,17,19)/b16-13+/t11-/m1/s1. The number of carbonyl (C=O) groups excluding carboxylic acids is 1. The van der Waals surface area contributed by atoms with Gasteiger partial charge in [0.15, 0.2) is 9.84 Å². The number of sulfone groups is 1. The van der Waals surface area contributed by atoms with Crippen LogP contribution in [0.25, 0.3) is 0 Å². The molecule has 1 aliphatic rings. The Balaban J connectivity index is 2.13. The lowest BCUT2D eigenvalue weighted by Gasteiger charge is -2.10. The monoisotopic (exact) mass is 324 g/mol. The van der Waals surface area contributed by atoms with E-state index in [-0.39, 0.29) is 23.2 Å². The van der Waals surface area contributed by atoms with E-state index in [4.69, 9.17) is 0 Å². The van der Waals surface area contributed by atoms with Crippen LogP contribution in [-0.2, 0) is 14.6 Å². The maximum absolute atomic E-state index is 12.0. The highest BCUT2D eigenvalue weighted by Crippen LogP contribution is 2.21. The number of hydrazone groups is 1. The second-order valence-electron chi connectivity index (χ2n) is 5.51. The minimum atomic E-state index is -3.10. The third-order valence-electron chi connectivity index (χ3n) is 3.70. The first-order valence-electron chi connectivity index (χ1n) is 7.19. The Hall–Kier alpha value is -1.89. The minimum Gasteiger partial charge on any atom is -0.507 e. The number of nitrogens with one attached hydrogen (secondary N) is 1. The molecule has 1 fully saturated rings. The molecule has 1 saturated heterocycles. The van der Waals surface area contributed by atoms with Crippen molar-refractivity contribution >= 4 is 21.5 Å². The van der Waals surface area contributed by atoms with Gasteiger partial charge in [-0.25, -0.2) is 13.8 Å². The van der Waals surface area contributed by atoms with Crippen molar-refractivity contribution in [3.05, 3.63) is 29.3 Å². The van der Waals surface area contributed by atoms with E-state index < -0.39 is 15.8 Å². The molecule has 0 spiro atoms. The maximum atomic E-state index is 12.0. The van der Waals surface area contributed by atoms with Crippen molar-refractivity contribution in [3.63, 3.8) is 0 Å². The van der Waals surface area contributed by atoms with Crippen molar-refractivity contribution in [3.8, 4) is 5.75 Å². The number of nitrogens with zero attached hydrogens (tertiary/aromatic N) is 1. The molecule has 2 rings (SSSR count). The highest BCUT2D eigenvalue weighted by molar-refractivity contribution is 7.91. The number of benzene rings is 1. The highest BCUT2D eigenvalue weighted by Gasteiger charge is 2.32. The molecule has 1 aromatic carbocycles. The van der Waals surface area contributed by atoms with Gasteiger partial charge in [0.2, 0.25) is 5.91 Å². The van der Waals surface area contributed by atoms with Gasteiger partial charge < -0.3 is 5.11 Å². The van der Waals surface area contributed by atoms with Crippen LogP contribution >= 0.6 is 0 Å². The van der Waals surface area contributed by atoms with E-state index in [1.165, 1.54) is 0 Å². The van der Waals surface area contributed by atoms with Crippen molar-refractivity contribution in [2.24, 2.45) is 11.0 Å². The van der Waals surface area contributed by atoms with Crippen LogP contribution in [-0.4, -0.2) is 36.6 Å². The summed E-state index contributed by atoms with van der Waals surface area (Å²) >= 11 is 0. The Kier molecular flexibility index (Phi) is 4.85. The van der Waals surface area contributed by atoms with E-state index in [1.54, 1.807) is 18.2 Å². The molecule has 6 nitrogen and oxygen atoms in total. The van der Waals surface area contributed by atoms with Crippen LogP contribution < -0.4 is 5.43 Å². The second-order valence-corrected chi connectivity index (χ2v) is 7.74. The first-order valence-corrected chi connectivity index (χ1v) is 9.01. The van der Waals surface area contributed by atoms with Gasteiger partial charge in [-0.3, -0.25) is 4.79 Å². The van der Waals surface area contributed by atoms with Crippen molar-refractivity contribution in [2.75, 3.05) is 11.5 Å². The first kappa shape index (κ1) is 16.5. The zero-order valence-electron chi connectivity index (χ0n) is 12.7. The summed E-state index contributed by atoms with van der Waals surface area (Å²) in [5.74, 6) is -0.902. The normalized spacial score (nSPS) is 20.8. The molecule has 0 aliphatic carbocycles. The fourth-order valence-electron chi connectivity index (χ4n) is 2.43. The quantitative estimate of drug-likeness (QED) is 0.646. The molecular formula is C15H20N2O4S. The fourth-order valence-corrected chi connectivity index (χ4v) is 4.17. The average molecular weight is 324 g/mol. The predicted octanol–water partition coefficient (Wildman–Crippen LogP) is 1.37. The van der Waals surface area contributed by atoms with E-state index in [0.717, 1.165) is 5.56 Å². The Morgan fingerprint density at radius 2 is 2.18 bits per heavy atom. The smallest absolute Gasteiger partial charge is 0.244 e. The molecule has 1 atom stereocenters. The molecule has 2 N–H and O–H groups in total. The first-order chi connectivity index (χ1) is 10.3. The molecule has 1 heterocycles. The summed E-state index contributed by atoms with van der Waals surface area (Å²) in [6, 6.07) is 5.17. The maximum Gasteiger partial charge on any atom is 0.244 e. The minimum absolute atomic E-state index is 0.0497. The molecule has 1 aliphatic heterocycles. The highest BCUT2D eigenvalue weighted by atomic mass is 32.2. The Morgan fingerprint density at radius 1 is 1.45 bits per heavy atom. The van der Waals surface area contributed by atoms with Crippen molar-refractivity contribution in [1.29, 1.82) is 0 Å². The van der Waals surface area contributed by atoms with E-state index >= 15 is 0 Å². The third-order valence-corrected chi connectivity index (χ3v) is 5.47. The molecule has 1 aromatic rings. The van der Waals surface area contributed by atoms with Crippen molar-refractivity contribution < 1.29 is 18.3 Å². The Morgan fingerprint density at radius 3 is 2.77 bits per heavy atom. The zero-order chi connectivity index (χ0) is 16.3. The number of aromatic hydroxyl groups is 1. The van der Waals surface area contributed by atoms with Gasteiger partial charge in [-0.15, -0.1) is 0 Å². The zero-order valence-corrected chi connectivity index (χ0v) is 13.5. The molecule has 22 heavy (non-hydrogen) atoms. The van der Waals surface area contributed by atoms with Crippen molar-refractivity contribution in [2.45, 2.75) is 26.7 Å². The predicted molar refractivity (Wildman–Crippen MR) is 84.6 cm³/mol.